The second-order valence-electron chi connectivity index (χ2n) is 7.08. The van der Waals surface area contributed by atoms with Crippen LogP contribution in [-0.4, -0.2) is 44.7 Å². The van der Waals surface area contributed by atoms with Crippen LogP contribution in [0.5, 0.6) is 5.75 Å². The molecule has 1 aliphatic heterocycles. The largest absolute Gasteiger partial charge is 0.497 e. The van der Waals surface area contributed by atoms with Crippen molar-refractivity contribution in [3.63, 3.8) is 0 Å². The van der Waals surface area contributed by atoms with E-state index < -0.39 is 0 Å². The highest BCUT2D eigenvalue weighted by Gasteiger charge is 2.23. The lowest BCUT2D eigenvalue weighted by molar-refractivity contribution is 0.344. The smallest absolute Gasteiger partial charge is 0.119 e. The van der Waals surface area contributed by atoms with E-state index in [0.29, 0.717) is 0 Å². The molecule has 1 N–H and O–H groups in total. The first-order chi connectivity index (χ1) is 12.1. The third-order valence-electron chi connectivity index (χ3n) is 5.28. The van der Waals surface area contributed by atoms with Crippen LogP contribution in [0.1, 0.15) is 22.7 Å². The monoisotopic (exact) mass is 335 g/mol. The van der Waals surface area contributed by atoms with E-state index in [0.717, 1.165) is 24.2 Å². The van der Waals surface area contributed by atoms with Crippen molar-refractivity contribution >= 4 is 16.6 Å². The van der Waals surface area contributed by atoms with E-state index in [1.165, 1.54) is 27.8 Å². The molecule has 1 atom stereocenters. The summed E-state index contributed by atoms with van der Waals surface area (Å²) in [5.41, 5.74) is 6.57. The van der Waals surface area contributed by atoms with Crippen LogP contribution in [0.15, 0.2) is 42.6 Å². The zero-order valence-electron chi connectivity index (χ0n) is 15.3. The van der Waals surface area contributed by atoms with Crippen LogP contribution in [0.25, 0.3) is 10.9 Å². The molecule has 1 unspecified atom stereocenters. The van der Waals surface area contributed by atoms with Gasteiger partial charge in [0.2, 0.25) is 0 Å². The highest BCUT2D eigenvalue weighted by atomic mass is 16.5. The number of H-pyrrole nitrogens is 1. The van der Waals surface area contributed by atoms with Crippen molar-refractivity contribution in [1.82, 2.24) is 9.88 Å². The maximum Gasteiger partial charge on any atom is 0.119 e. The molecule has 25 heavy (non-hydrogen) atoms. The van der Waals surface area contributed by atoms with Gasteiger partial charge in [-0.15, -0.1) is 0 Å². The van der Waals surface area contributed by atoms with E-state index in [9.17, 15) is 0 Å². The molecule has 0 radical (unpaired) electrons. The fourth-order valence-electron chi connectivity index (χ4n) is 3.99. The van der Waals surface area contributed by atoms with Crippen LogP contribution in [0.3, 0.4) is 0 Å². The number of likely N-dealkylation sites (N-methyl/N-ethyl adjacent to an activating group) is 1. The van der Waals surface area contributed by atoms with Crippen molar-refractivity contribution in [3.05, 3.63) is 59.3 Å². The molecule has 3 aromatic rings. The fraction of sp³-hybridized carbons (Fsp3) is 0.333. The van der Waals surface area contributed by atoms with Gasteiger partial charge < -0.3 is 14.6 Å². The van der Waals surface area contributed by atoms with Gasteiger partial charge in [-0.1, -0.05) is 12.1 Å². The van der Waals surface area contributed by atoms with Gasteiger partial charge in [0.15, 0.2) is 0 Å². The summed E-state index contributed by atoms with van der Waals surface area (Å²) in [7, 11) is 8.17. The second-order valence-corrected chi connectivity index (χ2v) is 7.08. The van der Waals surface area contributed by atoms with Gasteiger partial charge in [0.05, 0.1) is 13.2 Å². The molecule has 2 aromatic carbocycles. The van der Waals surface area contributed by atoms with E-state index in [-0.39, 0.29) is 6.04 Å². The minimum atomic E-state index is 0.206. The Morgan fingerprint density at radius 2 is 2.00 bits per heavy atom. The molecular formula is C21H25N3O. The highest BCUT2D eigenvalue weighted by molar-refractivity contribution is 5.85. The van der Waals surface area contributed by atoms with Crippen molar-refractivity contribution < 1.29 is 4.74 Å². The Kier molecular flexibility index (Phi) is 3.92. The van der Waals surface area contributed by atoms with Crippen LogP contribution in [-0.2, 0) is 6.42 Å². The maximum atomic E-state index is 5.43. The standard InChI is InChI=1S/C21H25N3O/c1-23(2)21(15-5-8-20-14(11-15)9-10-24(20)3)18-13-22-19-7-6-16(25-4)12-17(18)19/h5-8,11-13,21-22H,9-10H2,1-4H3. The first kappa shape index (κ1) is 16.0. The van der Waals surface area contributed by atoms with Crippen molar-refractivity contribution in [2.75, 3.05) is 39.7 Å². The van der Waals surface area contributed by atoms with Crippen LogP contribution in [0, 0.1) is 0 Å². The summed E-state index contributed by atoms with van der Waals surface area (Å²) in [5, 5.41) is 1.22. The molecule has 0 saturated carbocycles. The van der Waals surface area contributed by atoms with Gasteiger partial charge in [0.25, 0.3) is 0 Å². The normalized spacial score (nSPS) is 15.0. The Hall–Kier alpha value is -2.46. The summed E-state index contributed by atoms with van der Waals surface area (Å²) in [6, 6.07) is 13.3. The molecule has 0 fully saturated rings. The number of nitrogens with one attached hydrogen (secondary N) is 1. The molecule has 4 rings (SSSR count). The lowest BCUT2D eigenvalue weighted by Crippen LogP contribution is -2.21. The van der Waals surface area contributed by atoms with Gasteiger partial charge in [-0.2, -0.15) is 0 Å². The van der Waals surface area contributed by atoms with Crippen LogP contribution in [0.4, 0.5) is 5.69 Å². The van der Waals surface area contributed by atoms with E-state index in [4.69, 9.17) is 4.74 Å². The van der Waals surface area contributed by atoms with Crippen molar-refractivity contribution in [3.8, 4) is 5.75 Å². The van der Waals surface area contributed by atoms with Gasteiger partial charge >= 0.3 is 0 Å². The number of ether oxygens (including phenoxy) is 1. The molecule has 2 heterocycles. The van der Waals surface area contributed by atoms with Crippen molar-refractivity contribution in [1.29, 1.82) is 0 Å². The number of aromatic nitrogens is 1. The number of hydrogen-bond acceptors (Lipinski definition) is 3. The third-order valence-corrected chi connectivity index (χ3v) is 5.28. The number of benzene rings is 2. The van der Waals surface area contributed by atoms with E-state index >= 15 is 0 Å². The average Bonchev–Trinajstić information content (AvgIpc) is 3.18. The van der Waals surface area contributed by atoms with Gasteiger partial charge in [-0.05, 0) is 61.5 Å². The number of nitrogens with zero attached hydrogens (tertiary/aromatic N) is 2. The summed E-state index contributed by atoms with van der Waals surface area (Å²) in [5.74, 6) is 0.890. The molecular weight excluding hydrogens is 310 g/mol. The summed E-state index contributed by atoms with van der Waals surface area (Å²) in [4.78, 5) is 8.03. The summed E-state index contributed by atoms with van der Waals surface area (Å²) in [6.45, 7) is 1.11. The summed E-state index contributed by atoms with van der Waals surface area (Å²) in [6.07, 6.45) is 3.26. The number of aromatic amines is 1. The predicted molar refractivity (Wildman–Crippen MR) is 104 cm³/mol. The second kappa shape index (κ2) is 6.12. The van der Waals surface area contributed by atoms with E-state index in [1.807, 2.05) is 6.07 Å². The highest BCUT2D eigenvalue weighted by Crippen LogP contribution is 2.36. The van der Waals surface area contributed by atoms with Crippen molar-refractivity contribution in [2.45, 2.75) is 12.5 Å². The molecule has 1 aromatic heterocycles. The predicted octanol–water partition coefficient (Wildman–Crippen LogP) is 3.82. The minimum Gasteiger partial charge on any atom is -0.497 e. The first-order valence-electron chi connectivity index (χ1n) is 8.74. The quantitative estimate of drug-likeness (QED) is 0.786. The molecule has 0 bridgehead atoms. The van der Waals surface area contributed by atoms with Gasteiger partial charge in [0, 0.05) is 36.4 Å². The zero-order valence-corrected chi connectivity index (χ0v) is 15.3. The third kappa shape index (κ3) is 2.67. The molecule has 4 heteroatoms. The lowest BCUT2D eigenvalue weighted by Gasteiger charge is -2.25. The first-order valence-corrected chi connectivity index (χ1v) is 8.74. The minimum absolute atomic E-state index is 0.206. The number of hydrogen-bond donors (Lipinski definition) is 1. The number of anilines is 1. The number of rotatable bonds is 4. The SMILES string of the molecule is COc1ccc2[nH]cc(C(c3ccc4c(c3)CCN4C)N(C)C)c2c1. The fourth-order valence-corrected chi connectivity index (χ4v) is 3.99. The van der Waals surface area contributed by atoms with E-state index in [1.54, 1.807) is 7.11 Å². The summed E-state index contributed by atoms with van der Waals surface area (Å²) >= 11 is 0. The average molecular weight is 335 g/mol. The Morgan fingerprint density at radius 3 is 2.76 bits per heavy atom. The molecule has 4 nitrogen and oxygen atoms in total. The van der Waals surface area contributed by atoms with E-state index in [2.05, 4.69) is 72.5 Å². The molecule has 0 spiro atoms. The van der Waals surface area contributed by atoms with Crippen LogP contribution >= 0.6 is 0 Å². The number of fused-ring (bicyclic) bond motifs is 2. The molecule has 1 aliphatic rings. The van der Waals surface area contributed by atoms with Gasteiger partial charge in [0.1, 0.15) is 5.75 Å². The van der Waals surface area contributed by atoms with Crippen molar-refractivity contribution in [2.24, 2.45) is 0 Å². The lowest BCUT2D eigenvalue weighted by atomic mass is 9.95. The Labute approximate surface area is 149 Å². The van der Waals surface area contributed by atoms with Crippen LogP contribution in [0.2, 0.25) is 0 Å². The molecule has 130 valence electrons. The number of methoxy groups -OCH3 is 1. The Morgan fingerprint density at radius 1 is 1.16 bits per heavy atom. The Balaban J connectivity index is 1.83. The van der Waals surface area contributed by atoms with Crippen LogP contribution < -0.4 is 9.64 Å². The topological polar surface area (TPSA) is 31.5 Å². The molecule has 0 aliphatic carbocycles. The Bertz CT molecular complexity index is 913. The molecule has 0 amide bonds. The zero-order chi connectivity index (χ0) is 17.6. The van der Waals surface area contributed by atoms with Gasteiger partial charge in [-0.3, -0.25) is 4.90 Å². The van der Waals surface area contributed by atoms with Gasteiger partial charge in [-0.25, -0.2) is 0 Å². The molecule has 0 saturated heterocycles. The maximum absolute atomic E-state index is 5.43. The summed E-state index contributed by atoms with van der Waals surface area (Å²) < 4.78 is 5.43.